The summed E-state index contributed by atoms with van der Waals surface area (Å²) in [5, 5.41) is 0. The van der Waals surface area contributed by atoms with Gasteiger partial charge >= 0.3 is 0 Å². The van der Waals surface area contributed by atoms with Gasteiger partial charge in [0.2, 0.25) is 0 Å². The van der Waals surface area contributed by atoms with Crippen LogP contribution in [0, 0.1) is 5.82 Å². The number of aromatic nitrogens is 1. The van der Waals surface area contributed by atoms with Crippen molar-refractivity contribution in [2.45, 2.75) is 25.3 Å². The van der Waals surface area contributed by atoms with Gasteiger partial charge in [-0.2, -0.15) is 0 Å². The maximum atomic E-state index is 13.5. The minimum absolute atomic E-state index is 0.0445. The van der Waals surface area contributed by atoms with Gasteiger partial charge in [-0.05, 0) is 59.0 Å². The number of amides is 1. The van der Waals surface area contributed by atoms with Crippen LogP contribution in [0.3, 0.4) is 0 Å². The molecule has 1 aliphatic carbocycles. The fourth-order valence-corrected chi connectivity index (χ4v) is 3.41. The molecule has 1 aromatic heterocycles. The molecule has 2 aliphatic rings. The van der Waals surface area contributed by atoms with E-state index in [1.165, 1.54) is 12.1 Å². The lowest BCUT2D eigenvalue weighted by Crippen LogP contribution is -2.30. The number of hydrogen-bond donors (Lipinski definition) is 0. The number of rotatable bonds is 2. The normalized spacial score (nSPS) is 17.1. The predicted molar refractivity (Wildman–Crippen MR) is 82.2 cm³/mol. The molecule has 0 atom stereocenters. The lowest BCUT2D eigenvalue weighted by atomic mass is 10.2. The van der Waals surface area contributed by atoms with Crippen molar-refractivity contribution in [3.63, 3.8) is 0 Å². The van der Waals surface area contributed by atoms with Crippen LogP contribution in [-0.2, 0) is 6.42 Å². The number of carbonyl (C=O) groups excluding carboxylic acids is 1. The number of anilines is 1. The lowest BCUT2D eigenvalue weighted by molar-refractivity contribution is 0.0980. The first kappa shape index (κ1) is 13.1. The van der Waals surface area contributed by atoms with Crippen LogP contribution in [0.2, 0.25) is 0 Å². The van der Waals surface area contributed by atoms with Gasteiger partial charge in [-0.25, -0.2) is 4.39 Å². The second kappa shape index (κ2) is 4.70. The van der Waals surface area contributed by atoms with Crippen LogP contribution in [0.15, 0.2) is 34.9 Å². The number of carbonyl (C=O) groups is 1. The quantitative estimate of drug-likeness (QED) is 0.807. The summed E-state index contributed by atoms with van der Waals surface area (Å²) >= 11 is 3.45. The molecule has 21 heavy (non-hydrogen) atoms. The first-order chi connectivity index (χ1) is 10.1. The molecule has 4 rings (SSSR count). The standard InChI is InChI=1S/C16H14BrFN2O/c17-11-7-15(20(9-11)13-3-4-13)16(21)19-6-5-10-1-2-12(18)8-14(10)19/h1-2,7-9,13H,3-6H2. The predicted octanol–water partition coefficient (Wildman–Crippen LogP) is 3.93. The van der Waals surface area contributed by atoms with Crippen LogP contribution in [0.5, 0.6) is 0 Å². The Kier molecular flexibility index (Phi) is 2.92. The molecule has 5 heteroatoms. The number of fused-ring (bicyclic) bond motifs is 1. The molecule has 1 fully saturated rings. The minimum atomic E-state index is -0.299. The van der Waals surface area contributed by atoms with Crippen LogP contribution < -0.4 is 4.90 Å². The molecule has 0 N–H and O–H groups in total. The smallest absolute Gasteiger partial charge is 0.274 e. The molecule has 108 valence electrons. The van der Waals surface area contributed by atoms with Gasteiger partial charge in [0.1, 0.15) is 11.5 Å². The van der Waals surface area contributed by atoms with E-state index in [1.54, 1.807) is 11.0 Å². The Morgan fingerprint density at radius 2 is 2.10 bits per heavy atom. The van der Waals surface area contributed by atoms with Gasteiger partial charge in [-0.1, -0.05) is 6.07 Å². The Labute approximate surface area is 130 Å². The van der Waals surface area contributed by atoms with Gasteiger partial charge in [0.15, 0.2) is 0 Å². The van der Waals surface area contributed by atoms with E-state index < -0.39 is 0 Å². The molecule has 3 nitrogen and oxygen atoms in total. The minimum Gasteiger partial charge on any atom is -0.339 e. The third-order valence-electron chi connectivity index (χ3n) is 4.16. The van der Waals surface area contributed by atoms with Crippen LogP contribution in [-0.4, -0.2) is 17.0 Å². The van der Waals surface area contributed by atoms with Gasteiger partial charge in [-0.3, -0.25) is 4.79 Å². The zero-order valence-electron chi connectivity index (χ0n) is 11.4. The zero-order valence-corrected chi connectivity index (χ0v) is 12.9. The third kappa shape index (κ3) is 2.20. The Hall–Kier alpha value is -1.62. The van der Waals surface area contributed by atoms with E-state index in [2.05, 4.69) is 15.9 Å². The van der Waals surface area contributed by atoms with Crippen molar-refractivity contribution in [2.75, 3.05) is 11.4 Å². The van der Waals surface area contributed by atoms with E-state index in [-0.39, 0.29) is 11.7 Å². The van der Waals surface area contributed by atoms with Crippen molar-refractivity contribution < 1.29 is 9.18 Å². The summed E-state index contributed by atoms with van der Waals surface area (Å²) in [6.07, 6.45) is 4.99. The van der Waals surface area contributed by atoms with Crippen LogP contribution in [0.4, 0.5) is 10.1 Å². The average Bonchev–Trinajstić information content (AvgIpc) is 3.11. The summed E-state index contributed by atoms with van der Waals surface area (Å²) in [6, 6.07) is 6.98. The average molecular weight is 349 g/mol. The van der Waals surface area contributed by atoms with Crippen LogP contribution in [0.25, 0.3) is 0 Å². The zero-order chi connectivity index (χ0) is 14.6. The fraction of sp³-hybridized carbons (Fsp3) is 0.312. The number of hydrogen-bond acceptors (Lipinski definition) is 1. The Balaban J connectivity index is 1.72. The van der Waals surface area contributed by atoms with Crippen LogP contribution >= 0.6 is 15.9 Å². The topological polar surface area (TPSA) is 25.2 Å². The van der Waals surface area contributed by atoms with E-state index in [0.717, 1.165) is 29.3 Å². The van der Waals surface area contributed by atoms with E-state index in [9.17, 15) is 9.18 Å². The Morgan fingerprint density at radius 3 is 2.86 bits per heavy atom. The molecule has 1 amide bonds. The summed E-state index contributed by atoms with van der Waals surface area (Å²) in [7, 11) is 0. The van der Waals surface area contributed by atoms with Crippen molar-refractivity contribution in [1.29, 1.82) is 0 Å². The second-order valence-electron chi connectivity index (χ2n) is 5.66. The van der Waals surface area contributed by atoms with Crippen molar-refractivity contribution in [3.8, 4) is 0 Å². The van der Waals surface area contributed by atoms with Gasteiger partial charge in [0.25, 0.3) is 5.91 Å². The van der Waals surface area contributed by atoms with Crippen molar-refractivity contribution in [1.82, 2.24) is 4.57 Å². The molecule has 0 radical (unpaired) electrons. The summed E-state index contributed by atoms with van der Waals surface area (Å²) < 4.78 is 16.4. The van der Waals surface area contributed by atoms with Crippen molar-refractivity contribution in [3.05, 3.63) is 52.0 Å². The SMILES string of the molecule is O=C(c1cc(Br)cn1C1CC1)N1CCc2ccc(F)cc21. The maximum absolute atomic E-state index is 13.5. The van der Waals surface area contributed by atoms with E-state index in [4.69, 9.17) is 0 Å². The highest BCUT2D eigenvalue weighted by atomic mass is 79.9. The molecule has 0 unspecified atom stereocenters. The summed E-state index contributed by atoms with van der Waals surface area (Å²) in [5.74, 6) is -0.343. The maximum Gasteiger partial charge on any atom is 0.274 e. The Bertz CT molecular complexity index is 736. The number of nitrogens with zero attached hydrogens (tertiary/aromatic N) is 2. The molecule has 0 bridgehead atoms. The number of halogens is 2. The van der Waals surface area contributed by atoms with E-state index >= 15 is 0 Å². The lowest BCUT2D eigenvalue weighted by Gasteiger charge is -2.18. The second-order valence-corrected chi connectivity index (χ2v) is 6.58. The molecule has 0 spiro atoms. The molecule has 2 aromatic rings. The molecular formula is C16H14BrFN2O. The highest BCUT2D eigenvalue weighted by Gasteiger charge is 2.32. The highest BCUT2D eigenvalue weighted by molar-refractivity contribution is 9.10. The summed E-state index contributed by atoms with van der Waals surface area (Å²) in [4.78, 5) is 14.5. The van der Waals surface area contributed by atoms with E-state index in [0.29, 0.717) is 24.0 Å². The van der Waals surface area contributed by atoms with Gasteiger partial charge in [0.05, 0.1) is 5.69 Å². The fourth-order valence-electron chi connectivity index (χ4n) is 2.97. The molecular weight excluding hydrogens is 335 g/mol. The Morgan fingerprint density at radius 1 is 1.29 bits per heavy atom. The first-order valence-electron chi connectivity index (χ1n) is 7.11. The van der Waals surface area contributed by atoms with Gasteiger partial charge in [0, 0.05) is 23.3 Å². The van der Waals surface area contributed by atoms with Crippen LogP contribution in [0.1, 0.15) is 34.9 Å². The first-order valence-corrected chi connectivity index (χ1v) is 7.90. The third-order valence-corrected chi connectivity index (χ3v) is 4.60. The molecule has 1 saturated carbocycles. The van der Waals surface area contributed by atoms with Gasteiger partial charge < -0.3 is 9.47 Å². The molecule has 1 aromatic carbocycles. The van der Waals surface area contributed by atoms with Crippen molar-refractivity contribution >= 4 is 27.5 Å². The van der Waals surface area contributed by atoms with E-state index in [1.807, 2.05) is 16.8 Å². The molecule has 2 heterocycles. The number of benzene rings is 1. The monoisotopic (exact) mass is 348 g/mol. The summed E-state index contributed by atoms with van der Waals surface area (Å²) in [5.41, 5.74) is 2.43. The molecule has 0 saturated heterocycles. The highest BCUT2D eigenvalue weighted by Crippen LogP contribution is 2.38. The largest absolute Gasteiger partial charge is 0.339 e. The molecule has 1 aliphatic heterocycles. The van der Waals surface area contributed by atoms with Gasteiger partial charge in [-0.15, -0.1) is 0 Å². The van der Waals surface area contributed by atoms with Crippen molar-refractivity contribution in [2.24, 2.45) is 0 Å². The summed E-state index contributed by atoms with van der Waals surface area (Å²) in [6.45, 7) is 0.616.